The Balaban J connectivity index is 1.40. The van der Waals surface area contributed by atoms with E-state index in [0.29, 0.717) is 28.4 Å². The highest BCUT2D eigenvalue weighted by atomic mass is 16.6. The number of amides is 1. The molecular formula is C30H34N4O9. The van der Waals surface area contributed by atoms with Crippen LogP contribution in [0.5, 0.6) is 5.75 Å². The highest BCUT2D eigenvalue weighted by molar-refractivity contribution is 5.89. The summed E-state index contributed by atoms with van der Waals surface area (Å²) in [6.45, 7) is -1.12. The molecule has 0 radical (unpaired) electrons. The summed E-state index contributed by atoms with van der Waals surface area (Å²) in [6, 6.07) is 18.3. The van der Waals surface area contributed by atoms with E-state index in [9.17, 15) is 19.2 Å². The number of rotatable bonds is 16. The number of carbonyl (C=O) groups excluding carboxylic acids is 4. The van der Waals surface area contributed by atoms with Crippen LogP contribution in [0.15, 0.2) is 72.8 Å². The van der Waals surface area contributed by atoms with Crippen molar-refractivity contribution in [3.63, 3.8) is 0 Å². The van der Waals surface area contributed by atoms with Crippen LogP contribution in [0, 0.1) is 0 Å². The molecule has 0 aliphatic heterocycles. The molecule has 0 fully saturated rings. The van der Waals surface area contributed by atoms with Gasteiger partial charge in [0.2, 0.25) is 5.91 Å². The number of nitrogens with one attached hydrogen (secondary N) is 1. The molecule has 43 heavy (non-hydrogen) atoms. The SMILES string of the molecule is Nc1ccc(CC(NC(=O)COCCOC(=O)c2ccc(N)cc2)C(=O)OCCOCC(=O)Oc2ccc(N)cc2)cc1. The third kappa shape index (κ3) is 12.1. The quantitative estimate of drug-likeness (QED) is 0.0806. The molecule has 13 nitrogen and oxygen atoms in total. The summed E-state index contributed by atoms with van der Waals surface area (Å²) < 4.78 is 26.0. The number of benzene rings is 3. The molecule has 0 heterocycles. The summed E-state index contributed by atoms with van der Waals surface area (Å²) in [7, 11) is 0. The summed E-state index contributed by atoms with van der Waals surface area (Å²) in [5, 5.41) is 2.59. The minimum absolute atomic E-state index is 0.0424. The van der Waals surface area contributed by atoms with Gasteiger partial charge in [0, 0.05) is 23.5 Å². The third-order valence-corrected chi connectivity index (χ3v) is 5.68. The Morgan fingerprint density at radius 3 is 1.81 bits per heavy atom. The first-order valence-electron chi connectivity index (χ1n) is 13.2. The molecule has 13 heteroatoms. The molecule has 1 unspecified atom stereocenters. The second-order valence-corrected chi connectivity index (χ2v) is 9.14. The third-order valence-electron chi connectivity index (χ3n) is 5.68. The first-order chi connectivity index (χ1) is 20.7. The predicted molar refractivity (Wildman–Crippen MR) is 157 cm³/mol. The van der Waals surface area contributed by atoms with Crippen molar-refractivity contribution in [3.05, 3.63) is 83.9 Å². The van der Waals surface area contributed by atoms with Gasteiger partial charge in [-0.25, -0.2) is 14.4 Å². The maximum Gasteiger partial charge on any atom is 0.338 e. The van der Waals surface area contributed by atoms with Gasteiger partial charge in [-0.3, -0.25) is 4.79 Å². The Labute approximate surface area is 248 Å². The highest BCUT2D eigenvalue weighted by Crippen LogP contribution is 2.13. The number of esters is 3. The van der Waals surface area contributed by atoms with Crippen LogP contribution in [-0.4, -0.2) is 69.5 Å². The molecule has 3 aromatic carbocycles. The van der Waals surface area contributed by atoms with Crippen LogP contribution in [0.2, 0.25) is 0 Å². The van der Waals surface area contributed by atoms with Gasteiger partial charge in [-0.15, -0.1) is 0 Å². The van der Waals surface area contributed by atoms with Crippen LogP contribution in [0.25, 0.3) is 0 Å². The standard InChI is InChI=1S/C30H34N4O9/c31-22-5-1-20(2-6-22)17-26(30(38)42-16-14-40-19-28(36)43-25-11-9-24(33)10-12-25)34-27(35)18-39-13-15-41-29(37)21-3-7-23(32)8-4-21/h1-12,26H,13-19,31-33H2,(H,34,35). The van der Waals surface area contributed by atoms with E-state index in [4.69, 9.17) is 40.9 Å². The lowest BCUT2D eigenvalue weighted by molar-refractivity contribution is -0.150. The normalized spacial score (nSPS) is 11.3. The maximum atomic E-state index is 12.8. The van der Waals surface area contributed by atoms with Gasteiger partial charge in [0.1, 0.15) is 38.2 Å². The van der Waals surface area contributed by atoms with Crippen LogP contribution in [0.4, 0.5) is 17.1 Å². The van der Waals surface area contributed by atoms with Crippen molar-refractivity contribution in [2.45, 2.75) is 12.5 Å². The molecule has 0 saturated carbocycles. The van der Waals surface area contributed by atoms with Crippen molar-refractivity contribution >= 4 is 40.9 Å². The maximum absolute atomic E-state index is 12.8. The van der Waals surface area contributed by atoms with Crippen molar-refractivity contribution in [1.29, 1.82) is 0 Å². The Hall–Kier alpha value is -5.14. The summed E-state index contributed by atoms with van der Waals surface area (Å²) >= 11 is 0. The Bertz CT molecular complexity index is 1350. The van der Waals surface area contributed by atoms with E-state index in [1.807, 2.05) is 0 Å². The second-order valence-electron chi connectivity index (χ2n) is 9.14. The molecule has 0 saturated heterocycles. The van der Waals surface area contributed by atoms with Crippen LogP contribution in [-0.2, 0) is 39.8 Å². The molecular weight excluding hydrogens is 560 g/mol. The van der Waals surface area contributed by atoms with E-state index in [2.05, 4.69) is 5.32 Å². The summed E-state index contributed by atoms with van der Waals surface area (Å²) in [5.41, 5.74) is 19.6. The minimum atomic E-state index is -1.04. The van der Waals surface area contributed by atoms with Gasteiger partial charge in [-0.2, -0.15) is 0 Å². The van der Waals surface area contributed by atoms with Crippen LogP contribution < -0.4 is 27.3 Å². The predicted octanol–water partition coefficient (Wildman–Crippen LogP) is 1.50. The number of anilines is 3. The second kappa shape index (κ2) is 17.0. The van der Waals surface area contributed by atoms with E-state index in [1.54, 1.807) is 60.7 Å². The molecule has 0 aliphatic carbocycles. The first-order valence-corrected chi connectivity index (χ1v) is 13.2. The average Bonchev–Trinajstić information content (AvgIpc) is 2.99. The fourth-order valence-corrected chi connectivity index (χ4v) is 3.53. The van der Waals surface area contributed by atoms with Crippen molar-refractivity contribution in [2.75, 3.05) is 56.8 Å². The van der Waals surface area contributed by atoms with E-state index < -0.39 is 29.9 Å². The Morgan fingerprint density at radius 2 is 1.19 bits per heavy atom. The van der Waals surface area contributed by atoms with E-state index >= 15 is 0 Å². The Kier molecular flexibility index (Phi) is 12.8. The molecule has 1 amide bonds. The van der Waals surface area contributed by atoms with Crippen LogP contribution in [0.1, 0.15) is 15.9 Å². The smallest absolute Gasteiger partial charge is 0.338 e. The fourth-order valence-electron chi connectivity index (χ4n) is 3.53. The lowest BCUT2D eigenvalue weighted by atomic mass is 10.1. The number of hydrogen-bond donors (Lipinski definition) is 4. The van der Waals surface area contributed by atoms with Gasteiger partial charge in [-0.1, -0.05) is 12.1 Å². The topological polar surface area (TPSA) is 205 Å². The zero-order valence-electron chi connectivity index (χ0n) is 23.4. The number of ether oxygens (including phenoxy) is 5. The van der Waals surface area contributed by atoms with Crippen molar-refractivity contribution in [3.8, 4) is 5.75 Å². The first kappa shape index (κ1) is 32.4. The minimum Gasteiger partial charge on any atom is -0.462 e. The van der Waals surface area contributed by atoms with Gasteiger partial charge < -0.3 is 46.2 Å². The molecule has 0 spiro atoms. The van der Waals surface area contributed by atoms with E-state index in [-0.39, 0.29) is 46.1 Å². The van der Waals surface area contributed by atoms with Gasteiger partial charge in [-0.05, 0) is 66.2 Å². The van der Waals surface area contributed by atoms with E-state index in [1.165, 1.54) is 12.1 Å². The van der Waals surface area contributed by atoms with Gasteiger partial charge in [0.25, 0.3) is 0 Å². The number of nitrogen functional groups attached to an aromatic ring is 3. The average molecular weight is 595 g/mol. The van der Waals surface area contributed by atoms with Crippen LogP contribution >= 0.6 is 0 Å². The molecule has 3 rings (SSSR count). The van der Waals surface area contributed by atoms with Crippen molar-refractivity contribution in [2.24, 2.45) is 0 Å². The number of hydrogen-bond acceptors (Lipinski definition) is 12. The van der Waals surface area contributed by atoms with E-state index in [0.717, 1.165) is 5.56 Å². The zero-order valence-corrected chi connectivity index (χ0v) is 23.4. The zero-order chi connectivity index (χ0) is 31.0. The molecule has 0 aliphatic rings. The molecule has 1 atom stereocenters. The lowest BCUT2D eigenvalue weighted by Crippen LogP contribution is -2.45. The molecule has 0 aromatic heterocycles. The largest absolute Gasteiger partial charge is 0.462 e. The number of nitrogens with two attached hydrogens (primary N) is 3. The lowest BCUT2D eigenvalue weighted by Gasteiger charge is -2.18. The van der Waals surface area contributed by atoms with Gasteiger partial charge in [0.05, 0.1) is 18.8 Å². The highest BCUT2D eigenvalue weighted by Gasteiger charge is 2.23. The van der Waals surface area contributed by atoms with Gasteiger partial charge >= 0.3 is 17.9 Å². The number of carbonyl (C=O) groups is 4. The van der Waals surface area contributed by atoms with Crippen molar-refractivity contribution in [1.82, 2.24) is 5.32 Å². The summed E-state index contributed by atoms with van der Waals surface area (Å²) in [6.07, 6.45) is 0.124. The molecule has 0 bridgehead atoms. The monoisotopic (exact) mass is 594 g/mol. The Morgan fingerprint density at radius 1 is 0.651 bits per heavy atom. The fraction of sp³-hybridized carbons (Fsp3) is 0.267. The summed E-state index contributed by atoms with van der Waals surface area (Å²) in [4.78, 5) is 49.2. The van der Waals surface area contributed by atoms with Crippen LogP contribution in [0.3, 0.4) is 0 Å². The molecule has 228 valence electrons. The summed E-state index contributed by atoms with van der Waals surface area (Å²) in [5.74, 6) is -2.16. The van der Waals surface area contributed by atoms with Crippen molar-refractivity contribution < 1.29 is 42.9 Å². The van der Waals surface area contributed by atoms with Gasteiger partial charge in [0.15, 0.2) is 0 Å². The molecule has 7 N–H and O–H groups in total. The molecule has 3 aromatic rings.